The van der Waals surface area contributed by atoms with Gasteiger partial charge in [0.25, 0.3) is 0 Å². The van der Waals surface area contributed by atoms with E-state index in [9.17, 15) is 14.0 Å². The van der Waals surface area contributed by atoms with Crippen LogP contribution in [0, 0.1) is 5.82 Å². The molecule has 0 fully saturated rings. The smallest absolute Gasteiger partial charge is 0.341 e. The van der Waals surface area contributed by atoms with Crippen molar-refractivity contribution >= 4 is 22.6 Å². The van der Waals surface area contributed by atoms with Gasteiger partial charge in [-0.25, -0.2) is 9.18 Å². The second-order valence-electron chi connectivity index (χ2n) is 7.72. The third-order valence-corrected chi connectivity index (χ3v) is 4.71. The van der Waals surface area contributed by atoms with Gasteiger partial charge in [-0.05, 0) is 47.0 Å². The molecule has 2 aromatic rings. The van der Waals surface area contributed by atoms with Gasteiger partial charge in [-0.1, -0.05) is 36.5 Å². The molecule has 0 atom stereocenters. The lowest BCUT2D eigenvalue weighted by Gasteiger charge is -2.26. The number of benzene rings is 1. The van der Waals surface area contributed by atoms with Gasteiger partial charge in [-0.2, -0.15) is 0 Å². The zero-order chi connectivity index (χ0) is 24.4. The van der Waals surface area contributed by atoms with E-state index in [0.29, 0.717) is 24.3 Å². The van der Waals surface area contributed by atoms with Crippen LogP contribution in [-0.4, -0.2) is 54.3 Å². The number of hydrogen-bond donors (Lipinski definition) is 1. The Morgan fingerprint density at radius 1 is 1.25 bits per heavy atom. The van der Waals surface area contributed by atoms with Crippen molar-refractivity contribution in [3.05, 3.63) is 76.4 Å². The number of anilines is 1. The van der Waals surface area contributed by atoms with Crippen LogP contribution in [0.25, 0.3) is 10.9 Å². The lowest BCUT2D eigenvalue weighted by atomic mass is 10.1. The van der Waals surface area contributed by atoms with Gasteiger partial charge in [0.05, 0.1) is 11.2 Å². The number of nitrogens with zero attached hydrogens (tertiary/aromatic N) is 3. The normalized spacial score (nSPS) is 11.2. The Bertz CT molecular complexity index is 1070. The molecule has 32 heavy (non-hydrogen) atoms. The predicted octanol–water partition coefficient (Wildman–Crippen LogP) is 4.46. The Morgan fingerprint density at radius 3 is 2.41 bits per heavy atom. The Balaban J connectivity index is 0.000000547. The molecule has 2 rings (SSSR count). The van der Waals surface area contributed by atoms with E-state index in [1.807, 2.05) is 69.0 Å². The first-order valence-corrected chi connectivity index (χ1v) is 10.4. The molecule has 0 bridgehead atoms. The minimum absolute atomic E-state index is 0.0716. The van der Waals surface area contributed by atoms with Crippen LogP contribution >= 0.6 is 0 Å². The van der Waals surface area contributed by atoms with Gasteiger partial charge in [-0.3, -0.25) is 4.79 Å². The maximum atomic E-state index is 14.6. The highest BCUT2D eigenvalue weighted by Gasteiger charge is 2.18. The summed E-state index contributed by atoms with van der Waals surface area (Å²) in [5.74, 6) is -1.84. The van der Waals surface area contributed by atoms with Gasteiger partial charge in [0, 0.05) is 38.3 Å². The van der Waals surface area contributed by atoms with Crippen LogP contribution in [0.2, 0.25) is 0 Å². The van der Waals surface area contributed by atoms with Crippen molar-refractivity contribution < 1.29 is 14.3 Å². The van der Waals surface area contributed by atoms with Crippen molar-refractivity contribution in [3.8, 4) is 0 Å². The molecule has 0 aliphatic heterocycles. The number of aryl methyl sites for hydroxylation is 1. The fraction of sp³-hybridized carbons (Fsp3) is 0.360. The summed E-state index contributed by atoms with van der Waals surface area (Å²) >= 11 is 0. The molecule has 0 radical (unpaired) electrons. The van der Waals surface area contributed by atoms with Gasteiger partial charge in [0.1, 0.15) is 11.4 Å². The van der Waals surface area contributed by atoms with E-state index < -0.39 is 17.2 Å². The molecular weight excluding hydrogens is 409 g/mol. The number of fused-ring (bicyclic) bond motifs is 1. The van der Waals surface area contributed by atoms with Crippen LogP contribution in [-0.2, 0) is 7.05 Å². The topological polar surface area (TPSA) is 65.8 Å². The molecule has 1 aromatic carbocycles. The van der Waals surface area contributed by atoms with Gasteiger partial charge in [0.15, 0.2) is 0 Å². The molecule has 0 aliphatic carbocycles. The number of carboxylic acids is 1. The largest absolute Gasteiger partial charge is 0.477 e. The highest BCUT2D eigenvalue weighted by Crippen LogP contribution is 2.24. The van der Waals surface area contributed by atoms with E-state index >= 15 is 0 Å². The van der Waals surface area contributed by atoms with Crippen LogP contribution in [0.4, 0.5) is 10.1 Å². The second kappa shape index (κ2) is 12.6. The summed E-state index contributed by atoms with van der Waals surface area (Å²) in [5.41, 5.74) is 0.965. The summed E-state index contributed by atoms with van der Waals surface area (Å²) in [5, 5.41) is 9.17. The summed E-state index contributed by atoms with van der Waals surface area (Å²) in [6, 6.07) is 2.74. The Labute approximate surface area is 189 Å². The number of carboxylic acid groups (broad SMARTS) is 1. The number of aromatic nitrogens is 1. The molecule has 0 amide bonds. The molecule has 1 heterocycles. The zero-order valence-electron chi connectivity index (χ0n) is 19.9. The summed E-state index contributed by atoms with van der Waals surface area (Å²) in [4.78, 5) is 27.3. The van der Waals surface area contributed by atoms with E-state index in [4.69, 9.17) is 5.11 Å². The Morgan fingerprint density at radius 2 is 1.91 bits per heavy atom. The first-order valence-electron chi connectivity index (χ1n) is 10.4. The number of likely N-dealkylation sites (N-methyl/N-ethyl adjacent to an activating group) is 2. The Hall–Kier alpha value is -3.19. The molecule has 0 spiro atoms. The number of halogens is 1. The molecule has 1 aromatic heterocycles. The van der Waals surface area contributed by atoms with Crippen molar-refractivity contribution in [3.63, 3.8) is 0 Å². The third kappa shape index (κ3) is 7.50. The fourth-order valence-electron chi connectivity index (χ4n) is 2.99. The van der Waals surface area contributed by atoms with Crippen LogP contribution in [0.15, 0.2) is 59.6 Å². The summed E-state index contributed by atoms with van der Waals surface area (Å²) in [7, 11) is 5.54. The lowest BCUT2D eigenvalue weighted by molar-refractivity contribution is 0.0695. The van der Waals surface area contributed by atoms with Crippen LogP contribution < -0.4 is 10.3 Å². The number of hydrogen-bond acceptors (Lipinski definition) is 4. The fourth-order valence-corrected chi connectivity index (χ4v) is 2.99. The summed E-state index contributed by atoms with van der Waals surface area (Å²) in [6.45, 7) is 11.6. The SMILES string of the molecule is C=C(C)/C=C\C=C/C.CCN(CCN(C)C)c1cc2c(cc1F)c(=O)c(C(=O)O)cn2C. The van der Waals surface area contributed by atoms with Crippen molar-refractivity contribution in [2.24, 2.45) is 7.05 Å². The molecule has 7 heteroatoms. The highest BCUT2D eigenvalue weighted by atomic mass is 19.1. The number of carbonyl (C=O) groups is 1. The van der Waals surface area contributed by atoms with Gasteiger partial charge < -0.3 is 19.5 Å². The number of pyridine rings is 1. The number of rotatable bonds is 8. The van der Waals surface area contributed by atoms with Crippen molar-refractivity contribution in [2.45, 2.75) is 20.8 Å². The average molecular weight is 444 g/mol. The minimum atomic E-state index is -1.32. The van der Waals surface area contributed by atoms with Crippen molar-refractivity contribution in [1.29, 1.82) is 0 Å². The van der Waals surface area contributed by atoms with E-state index in [-0.39, 0.29) is 10.9 Å². The van der Waals surface area contributed by atoms with E-state index in [0.717, 1.165) is 18.2 Å². The molecule has 6 nitrogen and oxygen atoms in total. The second-order valence-corrected chi connectivity index (χ2v) is 7.72. The van der Waals surface area contributed by atoms with E-state index in [1.165, 1.54) is 6.20 Å². The molecule has 0 saturated heterocycles. The summed E-state index contributed by atoms with van der Waals surface area (Å²) in [6.07, 6.45) is 9.18. The molecule has 0 aliphatic rings. The molecule has 174 valence electrons. The number of aromatic carboxylic acids is 1. The maximum Gasteiger partial charge on any atom is 0.341 e. The minimum Gasteiger partial charge on any atom is -0.477 e. The molecular formula is C25H34FN3O3. The lowest BCUT2D eigenvalue weighted by Crippen LogP contribution is -2.32. The van der Waals surface area contributed by atoms with E-state index in [1.54, 1.807) is 17.7 Å². The maximum absolute atomic E-state index is 14.6. The Kier molecular flexibility index (Phi) is 10.6. The van der Waals surface area contributed by atoms with Crippen LogP contribution in [0.5, 0.6) is 0 Å². The van der Waals surface area contributed by atoms with Gasteiger partial charge in [-0.15, -0.1) is 0 Å². The monoisotopic (exact) mass is 443 g/mol. The number of allylic oxidation sites excluding steroid dienone is 5. The van der Waals surface area contributed by atoms with Crippen LogP contribution in [0.3, 0.4) is 0 Å². The van der Waals surface area contributed by atoms with Crippen LogP contribution in [0.1, 0.15) is 31.1 Å². The highest BCUT2D eigenvalue weighted by molar-refractivity contribution is 5.93. The first kappa shape index (κ1) is 26.8. The standard InChI is InChI=1S/C17H22FN3O3.C8H12/c1-5-21(7-6-19(2)3)15-9-14-11(8-13(15)18)16(22)12(17(23)24)10-20(14)4;1-4-5-6-7-8(2)3/h8-10H,5-7H2,1-4H3,(H,23,24);4-7H,2H2,1,3H3/b;5-4-,7-6-. The average Bonchev–Trinajstić information content (AvgIpc) is 2.71. The molecule has 1 N–H and O–H groups in total. The summed E-state index contributed by atoms with van der Waals surface area (Å²) < 4.78 is 16.1. The predicted molar refractivity (Wildman–Crippen MR) is 131 cm³/mol. The van der Waals surface area contributed by atoms with Crippen molar-refractivity contribution in [1.82, 2.24) is 9.47 Å². The first-order chi connectivity index (χ1) is 15.0. The quantitative estimate of drug-likeness (QED) is 0.611. The van der Waals surface area contributed by atoms with Crippen molar-refractivity contribution in [2.75, 3.05) is 38.6 Å². The van der Waals surface area contributed by atoms with Gasteiger partial charge >= 0.3 is 5.97 Å². The molecule has 0 saturated carbocycles. The zero-order valence-corrected chi connectivity index (χ0v) is 19.9. The third-order valence-electron chi connectivity index (χ3n) is 4.71. The molecule has 0 unspecified atom stereocenters. The van der Waals surface area contributed by atoms with E-state index in [2.05, 4.69) is 6.58 Å². The van der Waals surface area contributed by atoms with Gasteiger partial charge in [0.2, 0.25) is 5.43 Å².